The molecule has 0 saturated carbocycles. The summed E-state index contributed by atoms with van der Waals surface area (Å²) in [5.74, 6) is -0.369. The number of carboxylic acid groups (broad SMARTS) is 1. The van der Waals surface area contributed by atoms with Crippen molar-refractivity contribution in [1.29, 1.82) is 0 Å². The standard InChI is InChI=1S/C15H11ClN2O3/c1-21-11-5-3-10(4-6-11)18-13-7-2-9(16)8-12(13)14(17-18)15(19)20/h2-8H,1H3,(H,19,20). The summed E-state index contributed by atoms with van der Waals surface area (Å²) >= 11 is 5.94. The molecule has 0 aliphatic rings. The number of nitrogens with zero attached hydrogens (tertiary/aromatic N) is 2. The maximum Gasteiger partial charge on any atom is 0.357 e. The molecule has 3 rings (SSSR count). The van der Waals surface area contributed by atoms with Gasteiger partial charge in [0.05, 0.1) is 18.3 Å². The van der Waals surface area contributed by atoms with E-state index in [1.165, 1.54) is 0 Å². The van der Waals surface area contributed by atoms with Gasteiger partial charge < -0.3 is 9.84 Å². The third-order valence-corrected chi connectivity index (χ3v) is 3.40. The average molecular weight is 303 g/mol. The number of methoxy groups -OCH3 is 1. The van der Waals surface area contributed by atoms with E-state index in [1.54, 1.807) is 42.1 Å². The van der Waals surface area contributed by atoms with Gasteiger partial charge in [0.15, 0.2) is 5.69 Å². The Kier molecular flexibility index (Phi) is 3.27. The van der Waals surface area contributed by atoms with Gasteiger partial charge in [0.25, 0.3) is 0 Å². The molecule has 0 amide bonds. The largest absolute Gasteiger partial charge is 0.497 e. The van der Waals surface area contributed by atoms with Crippen molar-refractivity contribution in [2.45, 2.75) is 0 Å². The van der Waals surface area contributed by atoms with Crippen LogP contribution in [-0.2, 0) is 0 Å². The number of halogens is 1. The van der Waals surface area contributed by atoms with E-state index in [0.717, 1.165) is 11.4 Å². The van der Waals surface area contributed by atoms with Crippen LogP contribution in [0.25, 0.3) is 16.6 Å². The number of aromatic carboxylic acids is 1. The van der Waals surface area contributed by atoms with Gasteiger partial charge in [-0.25, -0.2) is 9.48 Å². The number of hydrogen-bond donors (Lipinski definition) is 1. The highest BCUT2D eigenvalue weighted by Gasteiger charge is 2.17. The van der Waals surface area contributed by atoms with Crippen LogP contribution in [0.2, 0.25) is 5.02 Å². The van der Waals surface area contributed by atoms with E-state index in [4.69, 9.17) is 16.3 Å². The second-order valence-electron chi connectivity index (χ2n) is 4.43. The lowest BCUT2D eigenvalue weighted by Gasteiger charge is -2.05. The van der Waals surface area contributed by atoms with E-state index in [2.05, 4.69) is 5.10 Å². The van der Waals surface area contributed by atoms with Gasteiger partial charge in [0.2, 0.25) is 0 Å². The molecular weight excluding hydrogens is 292 g/mol. The van der Waals surface area contributed by atoms with E-state index in [9.17, 15) is 9.90 Å². The minimum Gasteiger partial charge on any atom is -0.497 e. The first-order chi connectivity index (χ1) is 10.1. The summed E-state index contributed by atoms with van der Waals surface area (Å²) in [5, 5.41) is 14.4. The highest BCUT2D eigenvalue weighted by Crippen LogP contribution is 2.26. The predicted octanol–water partition coefficient (Wildman–Crippen LogP) is 3.39. The molecule has 0 saturated heterocycles. The Hall–Kier alpha value is -2.53. The number of aromatic nitrogens is 2. The molecule has 6 heteroatoms. The van der Waals surface area contributed by atoms with Crippen LogP contribution in [0.3, 0.4) is 0 Å². The Labute approximate surface area is 125 Å². The molecule has 0 spiro atoms. The van der Waals surface area contributed by atoms with Crippen molar-refractivity contribution >= 4 is 28.5 Å². The zero-order valence-corrected chi connectivity index (χ0v) is 11.8. The minimum atomic E-state index is -1.09. The van der Waals surface area contributed by atoms with Crippen LogP contribution in [0.1, 0.15) is 10.5 Å². The monoisotopic (exact) mass is 302 g/mol. The molecule has 0 atom stereocenters. The lowest BCUT2D eigenvalue weighted by atomic mass is 10.2. The van der Waals surface area contributed by atoms with E-state index < -0.39 is 5.97 Å². The molecule has 3 aromatic rings. The molecule has 1 N–H and O–H groups in total. The third-order valence-electron chi connectivity index (χ3n) is 3.16. The topological polar surface area (TPSA) is 64.4 Å². The molecule has 2 aromatic carbocycles. The Morgan fingerprint density at radius 2 is 1.95 bits per heavy atom. The molecule has 106 valence electrons. The second kappa shape index (κ2) is 5.10. The highest BCUT2D eigenvalue weighted by atomic mass is 35.5. The molecule has 21 heavy (non-hydrogen) atoms. The van der Waals surface area contributed by atoms with Gasteiger partial charge in [0, 0.05) is 10.4 Å². The van der Waals surface area contributed by atoms with Gasteiger partial charge in [-0.2, -0.15) is 5.10 Å². The zero-order chi connectivity index (χ0) is 15.0. The number of benzene rings is 2. The summed E-state index contributed by atoms with van der Waals surface area (Å²) in [6.07, 6.45) is 0. The van der Waals surface area contributed by atoms with Crippen LogP contribution in [0.5, 0.6) is 5.75 Å². The number of carbonyl (C=O) groups is 1. The van der Waals surface area contributed by atoms with E-state index >= 15 is 0 Å². The molecule has 0 aliphatic carbocycles. The molecule has 0 unspecified atom stereocenters. The number of rotatable bonds is 3. The quantitative estimate of drug-likeness (QED) is 0.805. The molecule has 1 aromatic heterocycles. The van der Waals surface area contributed by atoms with Gasteiger partial charge in [0.1, 0.15) is 5.75 Å². The van der Waals surface area contributed by atoms with Crippen molar-refractivity contribution in [2.24, 2.45) is 0 Å². The zero-order valence-electron chi connectivity index (χ0n) is 11.1. The number of ether oxygens (including phenoxy) is 1. The number of hydrogen-bond acceptors (Lipinski definition) is 3. The fraction of sp³-hybridized carbons (Fsp3) is 0.0667. The van der Waals surface area contributed by atoms with E-state index in [-0.39, 0.29) is 5.69 Å². The van der Waals surface area contributed by atoms with Crippen molar-refractivity contribution < 1.29 is 14.6 Å². The highest BCUT2D eigenvalue weighted by molar-refractivity contribution is 6.31. The molecule has 0 bridgehead atoms. The van der Waals surface area contributed by atoms with Gasteiger partial charge in [-0.1, -0.05) is 11.6 Å². The molecule has 5 nitrogen and oxygen atoms in total. The number of fused-ring (bicyclic) bond motifs is 1. The average Bonchev–Trinajstić information content (AvgIpc) is 2.86. The number of carboxylic acids is 1. The lowest BCUT2D eigenvalue weighted by Crippen LogP contribution is -2.01. The summed E-state index contributed by atoms with van der Waals surface area (Å²) in [6, 6.07) is 12.3. The maximum atomic E-state index is 11.3. The first-order valence-electron chi connectivity index (χ1n) is 6.16. The van der Waals surface area contributed by atoms with Crippen LogP contribution in [0, 0.1) is 0 Å². The van der Waals surface area contributed by atoms with Crippen molar-refractivity contribution in [2.75, 3.05) is 7.11 Å². The first kappa shape index (κ1) is 13.5. The Morgan fingerprint density at radius 1 is 1.24 bits per heavy atom. The second-order valence-corrected chi connectivity index (χ2v) is 4.86. The summed E-state index contributed by atoms with van der Waals surface area (Å²) in [4.78, 5) is 11.3. The smallest absolute Gasteiger partial charge is 0.357 e. The normalized spacial score (nSPS) is 10.8. The first-order valence-corrected chi connectivity index (χ1v) is 6.54. The SMILES string of the molecule is COc1ccc(-n2nc(C(=O)O)c3cc(Cl)ccc32)cc1. The van der Waals surface area contributed by atoms with Crippen LogP contribution in [0.15, 0.2) is 42.5 Å². The van der Waals surface area contributed by atoms with Gasteiger partial charge in [-0.05, 0) is 42.5 Å². The Bertz CT molecular complexity index is 825. The van der Waals surface area contributed by atoms with Crippen LogP contribution in [0.4, 0.5) is 0 Å². The molecule has 1 heterocycles. The van der Waals surface area contributed by atoms with Crippen molar-refractivity contribution in [3.05, 3.63) is 53.2 Å². The maximum absolute atomic E-state index is 11.3. The fourth-order valence-corrected chi connectivity index (χ4v) is 2.34. The predicted molar refractivity (Wildman–Crippen MR) is 79.6 cm³/mol. The third kappa shape index (κ3) is 2.32. The van der Waals surface area contributed by atoms with Gasteiger partial charge in [-0.3, -0.25) is 0 Å². The summed E-state index contributed by atoms with van der Waals surface area (Å²) < 4.78 is 6.69. The van der Waals surface area contributed by atoms with Crippen LogP contribution >= 0.6 is 11.6 Å². The van der Waals surface area contributed by atoms with E-state index in [1.807, 2.05) is 12.1 Å². The van der Waals surface area contributed by atoms with Crippen molar-refractivity contribution in [3.8, 4) is 11.4 Å². The summed E-state index contributed by atoms with van der Waals surface area (Å²) in [7, 11) is 1.59. The fourth-order valence-electron chi connectivity index (χ4n) is 2.17. The molecule has 0 radical (unpaired) electrons. The van der Waals surface area contributed by atoms with Crippen LogP contribution in [-0.4, -0.2) is 28.0 Å². The lowest BCUT2D eigenvalue weighted by molar-refractivity contribution is 0.0692. The Morgan fingerprint density at radius 3 is 2.57 bits per heavy atom. The van der Waals surface area contributed by atoms with Gasteiger partial charge >= 0.3 is 5.97 Å². The molecule has 0 fully saturated rings. The summed E-state index contributed by atoms with van der Waals surface area (Å²) in [6.45, 7) is 0. The van der Waals surface area contributed by atoms with Crippen molar-refractivity contribution in [3.63, 3.8) is 0 Å². The Balaban J connectivity index is 2.24. The van der Waals surface area contributed by atoms with Crippen LogP contribution < -0.4 is 4.74 Å². The van der Waals surface area contributed by atoms with Gasteiger partial charge in [-0.15, -0.1) is 0 Å². The molecule has 0 aliphatic heterocycles. The summed E-state index contributed by atoms with van der Waals surface area (Å²) in [5.41, 5.74) is 1.40. The van der Waals surface area contributed by atoms with E-state index in [0.29, 0.717) is 15.9 Å². The minimum absolute atomic E-state index is 0.0247. The molecular formula is C15H11ClN2O3. The van der Waals surface area contributed by atoms with Crippen molar-refractivity contribution in [1.82, 2.24) is 9.78 Å².